The van der Waals surface area contributed by atoms with Crippen LogP contribution in [-0.4, -0.2) is 10.2 Å². The number of aromatic nitrogens is 2. The van der Waals surface area contributed by atoms with Gasteiger partial charge in [-0.3, -0.25) is 0 Å². The third-order valence-corrected chi connectivity index (χ3v) is 4.31. The summed E-state index contributed by atoms with van der Waals surface area (Å²) in [5.41, 5.74) is 4.68. The molecule has 4 heteroatoms. The monoisotopic (exact) mass is 288 g/mol. The number of halogens is 1. The van der Waals surface area contributed by atoms with Gasteiger partial charge in [0, 0.05) is 5.56 Å². The number of ether oxygens (including phenoxy) is 1. The molecule has 1 aromatic carbocycles. The number of aryl methyl sites for hydroxylation is 2. The Bertz CT molecular complexity index is 655. The number of hydrogen-bond acceptors (Lipinski definition) is 3. The molecule has 3 nitrogen and oxygen atoms in total. The van der Waals surface area contributed by atoms with Gasteiger partial charge in [-0.05, 0) is 68.4 Å². The lowest BCUT2D eigenvalue weighted by atomic mass is 9.92. The van der Waals surface area contributed by atoms with Crippen LogP contribution in [-0.2, 0) is 12.8 Å². The Labute approximate surface area is 123 Å². The number of rotatable bonds is 2. The first-order valence-corrected chi connectivity index (χ1v) is 7.32. The van der Waals surface area contributed by atoms with Crippen molar-refractivity contribution in [3.05, 3.63) is 45.6 Å². The molecule has 1 aromatic heterocycles. The van der Waals surface area contributed by atoms with Gasteiger partial charge in [-0.1, -0.05) is 17.7 Å². The van der Waals surface area contributed by atoms with E-state index in [2.05, 4.69) is 22.3 Å². The number of fused-ring (bicyclic) bond motifs is 1. The molecule has 1 heterocycles. The van der Waals surface area contributed by atoms with E-state index in [1.165, 1.54) is 30.4 Å². The van der Waals surface area contributed by atoms with Crippen LogP contribution in [0.5, 0.6) is 11.6 Å². The molecule has 0 spiro atoms. The molecule has 0 atom stereocenters. The maximum atomic E-state index is 5.95. The quantitative estimate of drug-likeness (QED) is 0.820. The van der Waals surface area contributed by atoms with E-state index in [-0.39, 0.29) is 0 Å². The molecule has 1 aliphatic rings. The molecule has 0 saturated heterocycles. The van der Waals surface area contributed by atoms with E-state index in [0.717, 1.165) is 23.3 Å². The highest BCUT2D eigenvalue weighted by Crippen LogP contribution is 2.30. The first-order chi connectivity index (χ1) is 9.65. The standard InChI is InChI=1S/C16H17ClN2O/c1-10-11(2)16(19-18-15(10)17)20-14-8-7-12-5-3-4-6-13(12)9-14/h7-9H,3-6H2,1-2H3. The summed E-state index contributed by atoms with van der Waals surface area (Å²) in [6.07, 6.45) is 4.86. The Morgan fingerprint density at radius 3 is 2.55 bits per heavy atom. The molecule has 1 aliphatic carbocycles. The summed E-state index contributed by atoms with van der Waals surface area (Å²) < 4.78 is 5.88. The van der Waals surface area contributed by atoms with Gasteiger partial charge in [0.15, 0.2) is 5.15 Å². The van der Waals surface area contributed by atoms with Gasteiger partial charge in [0.1, 0.15) is 5.75 Å². The third-order valence-electron chi connectivity index (χ3n) is 3.96. The fourth-order valence-electron chi connectivity index (χ4n) is 2.54. The van der Waals surface area contributed by atoms with Crippen LogP contribution in [0.3, 0.4) is 0 Å². The van der Waals surface area contributed by atoms with Crippen molar-refractivity contribution in [2.45, 2.75) is 39.5 Å². The lowest BCUT2D eigenvalue weighted by Crippen LogP contribution is -2.03. The second-order valence-corrected chi connectivity index (χ2v) is 5.64. The lowest BCUT2D eigenvalue weighted by molar-refractivity contribution is 0.449. The van der Waals surface area contributed by atoms with Crippen LogP contribution in [0.25, 0.3) is 0 Å². The molecule has 0 saturated carbocycles. The van der Waals surface area contributed by atoms with Gasteiger partial charge in [0.2, 0.25) is 5.88 Å². The molecular weight excluding hydrogens is 272 g/mol. The Balaban J connectivity index is 1.90. The Morgan fingerprint density at radius 2 is 1.75 bits per heavy atom. The smallest absolute Gasteiger partial charge is 0.242 e. The molecule has 0 aliphatic heterocycles. The van der Waals surface area contributed by atoms with Crippen LogP contribution in [0.2, 0.25) is 5.15 Å². The second kappa shape index (κ2) is 5.41. The number of nitrogens with zero attached hydrogens (tertiary/aromatic N) is 2. The van der Waals surface area contributed by atoms with Crippen LogP contribution in [0.15, 0.2) is 18.2 Å². The molecule has 104 valence electrons. The molecule has 0 amide bonds. The first-order valence-electron chi connectivity index (χ1n) is 6.94. The largest absolute Gasteiger partial charge is 0.437 e. The summed E-state index contributed by atoms with van der Waals surface area (Å²) in [7, 11) is 0. The Hall–Kier alpha value is -1.61. The predicted molar refractivity (Wildman–Crippen MR) is 79.7 cm³/mol. The van der Waals surface area contributed by atoms with Crippen molar-refractivity contribution in [1.82, 2.24) is 10.2 Å². The topological polar surface area (TPSA) is 35.0 Å². The van der Waals surface area contributed by atoms with Crippen molar-refractivity contribution >= 4 is 11.6 Å². The Kier molecular flexibility index (Phi) is 3.62. The van der Waals surface area contributed by atoms with Crippen LogP contribution in [0.1, 0.15) is 35.1 Å². The SMILES string of the molecule is Cc1c(Cl)nnc(Oc2ccc3c(c2)CCCC3)c1C. The summed E-state index contributed by atoms with van der Waals surface area (Å²) in [5.74, 6) is 1.35. The molecule has 0 radical (unpaired) electrons. The highest BCUT2D eigenvalue weighted by atomic mass is 35.5. The normalized spacial score (nSPS) is 13.9. The highest BCUT2D eigenvalue weighted by Gasteiger charge is 2.13. The highest BCUT2D eigenvalue weighted by molar-refractivity contribution is 6.30. The van der Waals surface area contributed by atoms with Crippen molar-refractivity contribution < 1.29 is 4.74 Å². The van der Waals surface area contributed by atoms with Crippen molar-refractivity contribution in [3.8, 4) is 11.6 Å². The van der Waals surface area contributed by atoms with Crippen LogP contribution < -0.4 is 4.74 Å². The maximum Gasteiger partial charge on any atom is 0.242 e. The summed E-state index contributed by atoms with van der Waals surface area (Å²) >= 11 is 5.95. The zero-order valence-corrected chi connectivity index (χ0v) is 12.5. The van der Waals surface area contributed by atoms with Gasteiger partial charge < -0.3 is 4.74 Å². The van der Waals surface area contributed by atoms with Crippen molar-refractivity contribution in [2.24, 2.45) is 0 Å². The summed E-state index contributed by atoms with van der Waals surface area (Å²) in [5, 5.41) is 8.39. The second-order valence-electron chi connectivity index (χ2n) is 5.29. The molecule has 3 rings (SSSR count). The molecule has 0 unspecified atom stereocenters. The third kappa shape index (κ3) is 2.50. The molecule has 0 N–H and O–H groups in total. The number of hydrogen-bond donors (Lipinski definition) is 0. The summed E-state index contributed by atoms with van der Waals surface area (Å²) in [4.78, 5) is 0. The Morgan fingerprint density at radius 1 is 1.00 bits per heavy atom. The zero-order chi connectivity index (χ0) is 14.1. The van der Waals surface area contributed by atoms with Crippen molar-refractivity contribution in [2.75, 3.05) is 0 Å². The van der Waals surface area contributed by atoms with Gasteiger partial charge in [0.25, 0.3) is 0 Å². The first kappa shape index (κ1) is 13.4. The number of benzene rings is 1. The van der Waals surface area contributed by atoms with Gasteiger partial charge in [-0.15, -0.1) is 10.2 Å². The van der Waals surface area contributed by atoms with Gasteiger partial charge >= 0.3 is 0 Å². The van der Waals surface area contributed by atoms with Gasteiger partial charge in [-0.2, -0.15) is 0 Å². The summed E-state index contributed by atoms with van der Waals surface area (Å²) in [6, 6.07) is 6.30. The minimum Gasteiger partial charge on any atom is -0.437 e. The molecule has 0 bridgehead atoms. The van der Waals surface area contributed by atoms with Crippen LogP contribution in [0, 0.1) is 13.8 Å². The predicted octanol–water partition coefficient (Wildman–Crippen LogP) is 4.42. The van der Waals surface area contributed by atoms with Gasteiger partial charge in [0.05, 0.1) is 0 Å². The van der Waals surface area contributed by atoms with E-state index < -0.39 is 0 Å². The molecule has 20 heavy (non-hydrogen) atoms. The molecule has 0 fully saturated rings. The maximum absolute atomic E-state index is 5.95. The van der Waals surface area contributed by atoms with E-state index in [0.29, 0.717) is 11.0 Å². The van der Waals surface area contributed by atoms with Gasteiger partial charge in [-0.25, -0.2) is 0 Å². The van der Waals surface area contributed by atoms with Crippen LogP contribution in [0.4, 0.5) is 0 Å². The van der Waals surface area contributed by atoms with Crippen molar-refractivity contribution in [1.29, 1.82) is 0 Å². The molecule has 2 aromatic rings. The average molecular weight is 289 g/mol. The van der Waals surface area contributed by atoms with Crippen LogP contribution >= 0.6 is 11.6 Å². The zero-order valence-electron chi connectivity index (χ0n) is 11.7. The summed E-state index contributed by atoms with van der Waals surface area (Å²) in [6.45, 7) is 3.87. The van der Waals surface area contributed by atoms with E-state index >= 15 is 0 Å². The molecular formula is C16H17ClN2O. The van der Waals surface area contributed by atoms with E-state index in [1.807, 2.05) is 19.9 Å². The minimum atomic E-state index is 0.431. The average Bonchev–Trinajstić information content (AvgIpc) is 2.48. The lowest BCUT2D eigenvalue weighted by Gasteiger charge is -2.17. The fraction of sp³-hybridized carbons (Fsp3) is 0.375. The fourth-order valence-corrected chi connectivity index (χ4v) is 2.72. The van der Waals surface area contributed by atoms with E-state index in [9.17, 15) is 0 Å². The van der Waals surface area contributed by atoms with E-state index in [1.54, 1.807) is 0 Å². The minimum absolute atomic E-state index is 0.431. The van der Waals surface area contributed by atoms with Crippen molar-refractivity contribution in [3.63, 3.8) is 0 Å². The van der Waals surface area contributed by atoms with E-state index in [4.69, 9.17) is 16.3 Å².